The van der Waals surface area contributed by atoms with E-state index in [0.29, 0.717) is 12.4 Å². The zero-order valence-corrected chi connectivity index (χ0v) is 18.7. The van der Waals surface area contributed by atoms with E-state index in [0.717, 1.165) is 49.2 Å². The van der Waals surface area contributed by atoms with Crippen LogP contribution in [0.2, 0.25) is 0 Å². The lowest BCUT2D eigenvalue weighted by atomic mass is 9.85. The molecule has 2 aliphatic carbocycles. The van der Waals surface area contributed by atoms with Crippen molar-refractivity contribution < 1.29 is 4.79 Å². The molecule has 170 valence electrons. The van der Waals surface area contributed by atoms with Crippen molar-refractivity contribution in [2.45, 2.75) is 56.5 Å². The fourth-order valence-corrected chi connectivity index (χ4v) is 5.36. The molecule has 0 saturated heterocycles. The predicted molar refractivity (Wildman–Crippen MR) is 133 cm³/mol. The number of allylic oxidation sites excluding steroid dienone is 2. The van der Waals surface area contributed by atoms with Crippen molar-refractivity contribution in [1.82, 2.24) is 0 Å². The topological polar surface area (TPSA) is 109 Å². The van der Waals surface area contributed by atoms with Gasteiger partial charge in [0.05, 0.1) is 11.4 Å². The standard InChI is InChI=1S/C26H30N6O/c27-24-30-25(28)32(26(31-24)13-7-2-8-14-26)23-12-6-5-11-22(23)29-20-15-19(16-21(33)17-20)18-9-3-1-4-10-18/h1,3-6,9-12,17,19,29H,2,7-8,13-16H2,(H4,27,28,30,31). The van der Waals surface area contributed by atoms with E-state index in [1.807, 2.05) is 47.4 Å². The smallest absolute Gasteiger partial charge is 0.220 e. The Morgan fingerprint density at radius 2 is 1.67 bits per heavy atom. The molecule has 1 atom stereocenters. The predicted octanol–water partition coefficient (Wildman–Crippen LogP) is 4.24. The van der Waals surface area contributed by atoms with Crippen molar-refractivity contribution in [2.75, 3.05) is 10.2 Å². The maximum atomic E-state index is 12.6. The van der Waals surface area contributed by atoms with Crippen LogP contribution in [0.4, 0.5) is 11.4 Å². The van der Waals surface area contributed by atoms with E-state index in [2.05, 4.69) is 22.4 Å². The summed E-state index contributed by atoms with van der Waals surface area (Å²) in [5.41, 5.74) is 15.8. The summed E-state index contributed by atoms with van der Waals surface area (Å²) < 4.78 is 0. The molecule has 5 rings (SSSR count). The lowest BCUT2D eigenvalue weighted by Gasteiger charge is -2.46. The molecule has 2 aromatic rings. The van der Waals surface area contributed by atoms with Crippen molar-refractivity contribution in [3.8, 4) is 0 Å². The Kier molecular flexibility index (Phi) is 5.62. The molecule has 5 N–H and O–H groups in total. The zero-order chi connectivity index (χ0) is 22.8. The number of nitrogens with zero attached hydrogens (tertiary/aromatic N) is 3. The molecular formula is C26H30N6O. The monoisotopic (exact) mass is 442 g/mol. The molecule has 7 nitrogen and oxygen atoms in total. The second-order valence-electron chi connectivity index (χ2n) is 9.11. The highest BCUT2D eigenvalue weighted by atomic mass is 16.1. The van der Waals surface area contributed by atoms with Gasteiger partial charge in [-0.3, -0.25) is 9.69 Å². The van der Waals surface area contributed by atoms with Gasteiger partial charge in [0.1, 0.15) is 5.66 Å². The van der Waals surface area contributed by atoms with Gasteiger partial charge in [0, 0.05) is 18.2 Å². The summed E-state index contributed by atoms with van der Waals surface area (Å²) in [6.45, 7) is 0. The van der Waals surface area contributed by atoms with Crippen LogP contribution in [-0.4, -0.2) is 23.4 Å². The number of hydrogen-bond acceptors (Lipinski definition) is 7. The molecule has 1 saturated carbocycles. The number of rotatable bonds is 4. The molecule has 1 heterocycles. The summed E-state index contributed by atoms with van der Waals surface area (Å²) in [6, 6.07) is 18.2. The van der Waals surface area contributed by atoms with Gasteiger partial charge in [-0.1, -0.05) is 48.9 Å². The largest absolute Gasteiger partial charge is 0.369 e. The molecule has 1 fully saturated rings. The Morgan fingerprint density at radius 1 is 0.939 bits per heavy atom. The number of aliphatic imine (C=N–C) groups is 2. The summed E-state index contributed by atoms with van der Waals surface area (Å²) in [6.07, 6.45) is 8.08. The van der Waals surface area contributed by atoms with Gasteiger partial charge in [-0.15, -0.1) is 0 Å². The molecule has 0 amide bonds. The molecule has 2 aromatic carbocycles. The van der Waals surface area contributed by atoms with Crippen LogP contribution in [0.25, 0.3) is 0 Å². The number of carbonyl (C=O) groups is 1. The zero-order valence-electron chi connectivity index (χ0n) is 18.7. The SMILES string of the molecule is NC1=NC2(CCCCC2)N(c2ccccc2NC2=CC(=O)CC(c3ccccc3)C2)C(N)=N1. The fourth-order valence-electron chi connectivity index (χ4n) is 5.36. The first-order chi connectivity index (χ1) is 16.0. The van der Waals surface area contributed by atoms with E-state index >= 15 is 0 Å². The molecule has 0 bridgehead atoms. The minimum absolute atomic E-state index is 0.134. The van der Waals surface area contributed by atoms with Crippen LogP contribution in [0.3, 0.4) is 0 Å². The van der Waals surface area contributed by atoms with Gasteiger partial charge in [-0.25, -0.2) is 4.99 Å². The van der Waals surface area contributed by atoms with E-state index in [1.54, 1.807) is 6.08 Å². The number of anilines is 2. The van der Waals surface area contributed by atoms with Crippen LogP contribution >= 0.6 is 0 Å². The van der Waals surface area contributed by atoms with Gasteiger partial charge in [0.2, 0.25) is 11.9 Å². The molecule has 0 radical (unpaired) electrons. The first-order valence-electron chi connectivity index (χ1n) is 11.7. The van der Waals surface area contributed by atoms with Crippen LogP contribution in [-0.2, 0) is 4.79 Å². The van der Waals surface area contributed by atoms with Crippen LogP contribution in [0.15, 0.2) is 76.4 Å². The molecular weight excluding hydrogens is 412 g/mol. The fraction of sp³-hybridized carbons (Fsp3) is 0.346. The summed E-state index contributed by atoms with van der Waals surface area (Å²) in [4.78, 5) is 23.7. The van der Waals surface area contributed by atoms with Crippen LogP contribution in [0.5, 0.6) is 0 Å². The molecule has 3 aliphatic rings. The maximum Gasteiger partial charge on any atom is 0.220 e. The van der Waals surface area contributed by atoms with Gasteiger partial charge >= 0.3 is 0 Å². The van der Waals surface area contributed by atoms with Gasteiger partial charge in [-0.05, 0) is 55.7 Å². The Morgan fingerprint density at radius 3 is 2.45 bits per heavy atom. The summed E-state index contributed by atoms with van der Waals surface area (Å²) in [5.74, 6) is 0.890. The molecule has 7 heteroatoms. The Balaban J connectivity index is 1.47. The van der Waals surface area contributed by atoms with Crippen molar-refractivity contribution >= 4 is 29.1 Å². The molecule has 33 heavy (non-hydrogen) atoms. The van der Waals surface area contributed by atoms with Gasteiger partial charge in [-0.2, -0.15) is 4.99 Å². The first-order valence-corrected chi connectivity index (χ1v) is 11.7. The van der Waals surface area contributed by atoms with E-state index < -0.39 is 5.66 Å². The van der Waals surface area contributed by atoms with E-state index in [9.17, 15) is 4.79 Å². The number of nitrogens with one attached hydrogen (secondary N) is 1. The highest BCUT2D eigenvalue weighted by Gasteiger charge is 2.43. The summed E-state index contributed by atoms with van der Waals surface area (Å²) >= 11 is 0. The molecule has 1 aliphatic heterocycles. The van der Waals surface area contributed by atoms with Crippen molar-refractivity contribution in [3.05, 3.63) is 71.9 Å². The highest BCUT2D eigenvalue weighted by molar-refractivity contribution is 6.07. The minimum Gasteiger partial charge on any atom is -0.369 e. The number of hydrogen-bond donors (Lipinski definition) is 3. The minimum atomic E-state index is -0.519. The van der Waals surface area contributed by atoms with Gasteiger partial charge in [0.25, 0.3) is 0 Å². The third kappa shape index (κ3) is 4.23. The third-order valence-electron chi connectivity index (χ3n) is 6.81. The lowest BCUT2D eigenvalue weighted by Crippen LogP contribution is -2.58. The van der Waals surface area contributed by atoms with E-state index in [1.165, 1.54) is 12.0 Å². The number of para-hydroxylation sites is 2. The second kappa shape index (κ2) is 8.73. The van der Waals surface area contributed by atoms with Gasteiger partial charge < -0.3 is 16.8 Å². The highest BCUT2D eigenvalue weighted by Crippen LogP contribution is 2.42. The van der Waals surface area contributed by atoms with Gasteiger partial charge in [0.15, 0.2) is 5.78 Å². The molecule has 1 spiro atoms. The maximum absolute atomic E-state index is 12.6. The molecule has 1 unspecified atom stereocenters. The first kappa shape index (κ1) is 21.2. The quantitative estimate of drug-likeness (QED) is 0.656. The van der Waals surface area contributed by atoms with Crippen molar-refractivity contribution in [1.29, 1.82) is 0 Å². The van der Waals surface area contributed by atoms with E-state index in [-0.39, 0.29) is 17.7 Å². The van der Waals surface area contributed by atoms with Crippen molar-refractivity contribution in [2.24, 2.45) is 21.5 Å². The normalized spacial score (nSPS) is 22.4. The number of nitrogens with two attached hydrogens (primary N) is 2. The lowest BCUT2D eigenvalue weighted by molar-refractivity contribution is -0.115. The Labute approximate surface area is 194 Å². The number of guanidine groups is 2. The van der Waals surface area contributed by atoms with Crippen LogP contribution < -0.4 is 21.7 Å². The number of ketones is 1. The third-order valence-corrected chi connectivity index (χ3v) is 6.81. The van der Waals surface area contributed by atoms with Crippen LogP contribution in [0.1, 0.15) is 56.4 Å². The number of carbonyl (C=O) groups excluding carboxylic acids is 1. The summed E-state index contributed by atoms with van der Waals surface area (Å²) in [7, 11) is 0. The molecule has 0 aromatic heterocycles. The average molecular weight is 443 g/mol. The van der Waals surface area contributed by atoms with E-state index in [4.69, 9.17) is 16.5 Å². The van der Waals surface area contributed by atoms with Crippen molar-refractivity contribution in [3.63, 3.8) is 0 Å². The van der Waals surface area contributed by atoms with Crippen LogP contribution in [0, 0.1) is 0 Å². The second-order valence-corrected chi connectivity index (χ2v) is 9.11. The number of benzene rings is 2. The average Bonchev–Trinajstić information content (AvgIpc) is 2.80. The Bertz CT molecular complexity index is 1130. The Hall–Kier alpha value is -3.61. The summed E-state index contributed by atoms with van der Waals surface area (Å²) in [5, 5.41) is 3.54.